The molecule has 2 N–H and O–H groups in total. The predicted molar refractivity (Wildman–Crippen MR) is 76.2 cm³/mol. The number of hydrogen-bond acceptors (Lipinski definition) is 3. The van der Waals surface area contributed by atoms with Gasteiger partial charge in [-0.3, -0.25) is 9.69 Å². The second-order valence-electron chi connectivity index (χ2n) is 7.21. The summed E-state index contributed by atoms with van der Waals surface area (Å²) in [6, 6.07) is 0. The summed E-state index contributed by atoms with van der Waals surface area (Å²) in [6.07, 6.45) is 3.70. The molecule has 1 aliphatic carbocycles. The summed E-state index contributed by atoms with van der Waals surface area (Å²) in [4.78, 5) is 14.1. The van der Waals surface area contributed by atoms with Gasteiger partial charge in [-0.1, -0.05) is 20.8 Å². The molecular formula is C15H28N2O2. The lowest BCUT2D eigenvalue weighted by atomic mass is 9.66. The Labute approximate surface area is 116 Å². The highest BCUT2D eigenvalue weighted by Gasteiger charge is 2.48. The zero-order valence-electron chi connectivity index (χ0n) is 12.5. The molecule has 4 nitrogen and oxygen atoms in total. The van der Waals surface area contributed by atoms with Crippen molar-refractivity contribution >= 4 is 5.97 Å². The first-order chi connectivity index (χ1) is 8.86. The average Bonchev–Trinajstić information content (AvgIpc) is 2.38. The SMILES string of the molecule is CC(C)(C)C1CCC(C(=O)O)(N2CCNCC2)CC1. The zero-order chi connectivity index (χ0) is 14.1. The molecule has 0 unspecified atom stereocenters. The van der Waals surface area contributed by atoms with E-state index in [1.165, 1.54) is 0 Å². The summed E-state index contributed by atoms with van der Waals surface area (Å²) in [6.45, 7) is 10.4. The number of rotatable bonds is 2. The van der Waals surface area contributed by atoms with Crippen molar-refractivity contribution in [3.05, 3.63) is 0 Å². The smallest absolute Gasteiger partial charge is 0.324 e. The molecule has 4 heteroatoms. The second kappa shape index (κ2) is 5.41. The maximum atomic E-state index is 11.9. The van der Waals surface area contributed by atoms with Gasteiger partial charge >= 0.3 is 5.97 Å². The first-order valence-corrected chi connectivity index (χ1v) is 7.55. The summed E-state index contributed by atoms with van der Waals surface area (Å²) in [5, 5.41) is 13.1. The molecule has 2 aliphatic rings. The molecule has 0 aromatic carbocycles. The second-order valence-corrected chi connectivity index (χ2v) is 7.21. The summed E-state index contributed by atoms with van der Waals surface area (Å²) in [5.74, 6) is 0.0460. The molecule has 2 fully saturated rings. The highest BCUT2D eigenvalue weighted by atomic mass is 16.4. The number of hydrogen-bond donors (Lipinski definition) is 2. The Morgan fingerprint density at radius 2 is 1.74 bits per heavy atom. The van der Waals surface area contributed by atoms with Crippen LogP contribution in [0.1, 0.15) is 46.5 Å². The number of carboxylic acid groups (broad SMARTS) is 1. The van der Waals surface area contributed by atoms with Crippen molar-refractivity contribution < 1.29 is 9.90 Å². The maximum Gasteiger partial charge on any atom is 0.324 e. The zero-order valence-corrected chi connectivity index (χ0v) is 12.5. The number of piperazine rings is 1. The van der Waals surface area contributed by atoms with Gasteiger partial charge in [-0.15, -0.1) is 0 Å². The van der Waals surface area contributed by atoms with Crippen molar-refractivity contribution in [3.63, 3.8) is 0 Å². The molecule has 19 heavy (non-hydrogen) atoms. The molecule has 0 aromatic rings. The van der Waals surface area contributed by atoms with Gasteiger partial charge in [0.2, 0.25) is 0 Å². The van der Waals surface area contributed by atoms with Gasteiger partial charge in [-0.05, 0) is 37.0 Å². The molecule has 0 atom stereocenters. The molecule has 1 saturated heterocycles. The Morgan fingerprint density at radius 3 is 2.16 bits per heavy atom. The number of carboxylic acids is 1. The summed E-state index contributed by atoms with van der Waals surface area (Å²) in [7, 11) is 0. The van der Waals surface area contributed by atoms with Gasteiger partial charge in [0, 0.05) is 26.2 Å². The first-order valence-electron chi connectivity index (χ1n) is 7.55. The fraction of sp³-hybridized carbons (Fsp3) is 0.933. The standard InChI is InChI=1S/C15H28N2O2/c1-14(2,3)12-4-6-15(7-5-12,13(18)19)17-10-8-16-9-11-17/h12,16H,4-11H2,1-3H3,(H,18,19). The van der Waals surface area contributed by atoms with Gasteiger partial charge in [0.05, 0.1) is 0 Å². The molecule has 0 aromatic heterocycles. The lowest BCUT2D eigenvalue weighted by Crippen LogP contribution is -2.61. The van der Waals surface area contributed by atoms with Crippen LogP contribution in [0.5, 0.6) is 0 Å². The Bertz CT molecular complexity index is 322. The van der Waals surface area contributed by atoms with E-state index in [0.29, 0.717) is 11.3 Å². The minimum Gasteiger partial charge on any atom is -0.480 e. The topological polar surface area (TPSA) is 52.6 Å². The largest absolute Gasteiger partial charge is 0.480 e. The number of nitrogens with zero attached hydrogens (tertiary/aromatic N) is 1. The van der Waals surface area contributed by atoms with Gasteiger partial charge in [0.1, 0.15) is 5.54 Å². The van der Waals surface area contributed by atoms with E-state index in [9.17, 15) is 9.90 Å². The molecule has 0 radical (unpaired) electrons. The number of aliphatic carboxylic acids is 1. The Balaban J connectivity index is 2.09. The van der Waals surface area contributed by atoms with Gasteiger partial charge in [0.25, 0.3) is 0 Å². The molecule has 1 saturated carbocycles. The number of nitrogens with one attached hydrogen (secondary N) is 1. The summed E-state index contributed by atoms with van der Waals surface area (Å²) in [5.41, 5.74) is -0.294. The fourth-order valence-corrected chi connectivity index (χ4v) is 3.72. The van der Waals surface area contributed by atoms with Crippen LogP contribution in [0.15, 0.2) is 0 Å². The van der Waals surface area contributed by atoms with Gasteiger partial charge < -0.3 is 10.4 Å². The van der Waals surface area contributed by atoms with E-state index in [2.05, 4.69) is 31.0 Å². The van der Waals surface area contributed by atoms with E-state index in [-0.39, 0.29) is 0 Å². The first kappa shape index (κ1) is 14.8. The van der Waals surface area contributed by atoms with Crippen molar-refractivity contribution in [2.75, 3.05) is 26.2 Å². The third-order valence-corrected chi connectivity index (χ3v) is 5.16. The minimum absolute atomic E-state index is 0.300. The molecule has 0 spiro atoms. The molecule has 1 heterocycles. The van der Waals surface area contributed by atoms with Gasteiger partial charge in [-0.25, -0.2) is 0 Å². The van der Waals surface area contributed by atoms with Crippen molar-refractivity contribution in [1.29, 1.82) is 0 Å². The van der Waals surface area contributed by atoms with E-state index in [0.717, 1.165) is 51.9 Å². The monoisotopic (exact) mass is 268 g/mol. The Morgan fingerprint density at radius 1 is 1.21 bits per heavy atom. The van der Waals surface area contributed by atoms with Crippen LogP contribution in [-0.2, 0) is 4.79 Å². The number of carbonyl (C=O) groups is 1. The van der Waals surface area contributed by atoms with Crippen molar-refractivity contribution in [1.82, 2.24) is 10.2 Å². The van der Waals surface area contributed by atoms with Crippen LogP contribution < -0.4 is 5.32 Å². The fourth-order valence-electron chi connectivity index (χ4n) is 3.72. The summed E-state index contributed by atoms with van der Waals surface area (Å²) < 4.78 is 0. The molecular weight excluding hydrogens is 240 g/mol. The van der Waals surface area contributed by atoms with E-state index < -0.39 is 11.5 Å². The van der Waals surface area contributed by atoms with Crippen molar-refractivity contribution in [2.45, 2.75) is 52.0 Å². The van der Waals surface area contributed by atoms with E-state index in [1.54, 1.807) is 0 Å². The van der Waals surface area contributed by atoms with Gasteiger partial charge in [-0.2, -0.15) is 0 Å². The molecule has 1 aliphatic heterocycles. The average molecular weight is 268 g/mol. The van der Waals surface area contributed by atoms with Crippen LogP contribution in [0, 0.1) is 11.3 Å². The van der Waals surface area contributed by atoms with Crippen LogP contribution >= 0.6 is 0 Å². The third-order valence-electron chi connectivity index (χ3n) is 5.16. The maximum absolute atomic E-state index is 11.9. The minimum atomic E-state index is -0.609. The van der Waals surface area contributed by atoms with Gasteiger partial charge in [0.15, 0.2) is 0 Å². The van der Waals surface area contributed by atoms with Crippen LogP contribution in [0.2, 0.25) is 0 Å². The third kappa shape index (κ3) is 2.95. The molecule has 110 valence electrons. The lowest BCUT2D eigenvalue weighted by Gasteiger charge is -2.48. The molecule has 2 rings (SSSR count). The van der Waals surface area contributed by atoms with Crippen molar-refractivity contribution in [3.8, 4) is 0 Å². The highest BCUT2D eigenvalue weighted by molar-refractivity contribution is 5.79. The van der Waals surface area contributed by atoms with E-state index in [4.69, 9.17) is 0 Å². The Hall–Kier alpha value is -0.610. The predicted octanol–water partition coefficient (Wildman–Crippen LogP) is 1.95. The van der Waals surface area contributed by atoms with Crippen LogP contribution in [0.25, 0.3) is 0 Å². The van der Waals surface area contributed by atoms with Crippen LogP contribution in [0.4, 0.5) is 0 Å². The Kier molecular flexibility index (Phi) is 4.21. The quantitative estimate of drug-likeness (QED) is 0.804. The highest BCUT2D eigenvalue weighted by Crippen LogP contribution is 2.43. The molecule has 0 bridgehead atoms. The lowest BCUT2D eigenvalue weighted by molar-refractivity contribution is -0.156. The van der Waals surface area contributed by atoms with Crippen LogP contribution in [-0.4, -0.2) is 47.7 Å². The van der Waals surface area contributed by atoms with E-state index >= 15 is 0 Å². The normalized spacial score (nSPS) is 34.2. The van der Waals surface area contributed by atoms with Crippen molar-refractivity contribution in [2.24, 2.45) is 11.3 Å². The van der Waals surface area contributed by atoms with E-state index in [1.807, 2.05) is 0 Å². The van der Waals surface area contributed by atoms with Crippen LogP contribution in [0.3, 0.4) is 0 Å². The summed E-state index contributed by atoms with van der Waals surface area (Å²) >= 11 is 0. The molecule has 0 amide bonds.